The summed E-state index contributed by atoms with van der Waals surface area (Å²) in [5.41, 5.74) is 0.574. The van der Waals surface area contributed by atoms with Crippen molar-refractivity contribution in [2.75, 3.05) is 13.2 Å². The van der Waals surface area contributed by atoms with Crippen LogP contribution in [0.25, 0.3) is 0 Å². The molecule has 0 saturated carbocycles. The normalized spacial score (nSPS) is 12.8. The van der Waals surface area contributed by atoms with E-state index in [-0.39, 0.29) is 12.6 Å². The van der Waals surface area contributed by atoms with Crippen molar-refractivity contribution in [3.05, 3.63) is 35.4 Å². The molecule has 0 amide bonds. The molecule has 2 N–H and O–H groups in total. The van der Waals surface area contributed by atoms with Crippen LogP contribution in [0.1, 0.15) is 24.9 Å². The van der Waals surface area contributed by atoms with Crippen LogP contribution in [0.4, 0.5) is 8.78 Å². The Hall–Kier alpha value is -1.00. The van der Waals surface area contributed by atoms with E-state index in [0.29, 0.717) is 18.5 Å². The molecule has 4 heteroatoms. The Morgan fingerprint density at radius 2 is 1.87 bits per heavy atom. The lowest BCUT2D eigenvalue weighted by Crippen LogP contribution is -2.20. The highest BCUT2D eigenvalue weighted by Gasteiger charge is 2.07. The number of aliphatic hydroxyl groups excluding tert-OH is 1. The summed E-state index contributed by atoms with van der Waals surface area (Å²) >= 11 is 0. The van der Waals surface area contributed by atoms with Gasteiger partial charge in [0.25, 0.3) is 0 Å². The third kappa shape index (κ3) is 3.93. The standard InChI is InChI=1S/C11H15F2NO/c1-8(14-3-2-4-15)9-5-10(12)7-11(13)6-9/h5-8,14-15H,2-4H2,1H3/t8-/m1/s1. The number of hydrogen-bond donors (Lipinski definition) is 2. The SMILES string of the molecule is C[C@@H](NCCCO)c1cc(F)cc(F)c1. The van der Waals surface area contributed by atoms with Gasteiger partial charge in [-0.2, -0.15) is 0 Å². The quantitative estimate of drug-likeness (QED) is 0.736. The van der Waals surface area contributed by atoms with Gasteiger partial charge in [0, 0.05) is 18.7 Å². The smallest absolute Gasteiger partial charge is 0.126 e. The van der Waals surface area contributed by atoms with Crippen molar-refractivity contribution in [1.82, 2.24) is 5.32 Å². The van der Waals surface area contributed by atoms with Gasteiger partial charge in [0.1, 0.15) is 11.6 Å². The molecule has 0 spiro atoms. The van der Waals surface area contributed by atoms with E-state index in [1.807, 2.05) is 6.92 Å². The van der Waals surface area contributed by atoms with Crippen molar-refractivity contribution in [2.24, 2.45) is 0 Å². The van der Waals surface area contributed by atoms with Crippen LogP contribution >= 0.6 is 0 Å². The summed E-state index contributed by atoms with van der Waals surface area (Å²) < 4.78 is 25.7. The summed E-state index contributed by atoms with van der Waals surface area (Å²) in [5.74, 6) is -1.14. The zero-order valence-corrected chi connectivity index (χ0v) is 8.63. The predicted octanol–water partition coefficient (Wildman–Crippen LogP) is 2.00. The molecule has 0 fully saturated rings. The van der Waals surface area contributed by atoms with Gasteiger partial charge < -0.3 is 10.4 Å². The van der Waals surface area contributed by atoms with Crippen molar-refractivity contribution in [1.29, 1.82) is 0 Å². The molecular formula is C11H15F2NO. The minimum atomic E-state index is -0.569. The molecule has 0 bridgehead atoms. The van der Waals surface area contributed by atoms with E-state index in [1.165, 1.54) is 12.1 Å². The van der Waals surface area contributed by atoms with E-state index in [4.69, 9.17) is 5.11 Å². The van der Waals surface area contributed by atoms with Crippen LogP contribution in [0.15, 0.2) is 18.2 Å². The molecule has 0 aliphatic carbocycles. The van der Waals surface area contributed by atoms with E-state index in [0.717, 1.165) is 6.07 Å². The number of halogens is 2. The maximum Gasteiger partial charge on any atom is 0.126 e. The average Bonchev–Trinajstić information content (AvgIpc) is 2.16. The molecule has 1 aromatic carbocycles. The Balaban J connectivity index is 2.60. The topological polar surface area (TPSA) is 32.3 Å². The van der Waals surface area contributed by atoms with Crippen LogP contribution in [0.2, 0.25) is 0 Å². The van der Waals surface area contributed by atoms with E-state index >= 15 is 0 Å². The van der Waals surface area contributed by atoms with E-state index < -0.39 is 11.6 Å². The summed E-state index contributed by atoms with van der Waals surface area (Å²) in [6.07, 6.45) is 0.627. The first-order valence-electron chi connectivity index (χ1n) is 4.93. The lowest BCUT2D eigenvalue weighted by atomic mass is 10.1. The third-order valence-corrected chi connectivity index (χ3v) is 2.17. The van der Waals surface area contributed by atoms with Gasteiger partial charge >= 0.3 is 0 Å². The minimum Gasteiger partial charge on any atom is -0.396 e. The van der Waals surface area contributed by atoms with Crippen LogP contribution < -0.4 is 5.32 Å². The summed E-state index contributed by atoms with van der Waals surface area (Å²) in [6.45, 7) is 2.55. The largest absolute Gasteiger partial charge is 0.396 e. The Kier molecular flexibility index (Phi) is 4.65. The fourth-order valence-electron chi connectivity index (χ4n) is 1.34. The molecule has 1 rings (SSSR count). The molecule has 0 aliphatic heterocycles. The molecule has 84 valence electrons. The number of aliphatic hydroxyl groups is 1. The van der Waals surface area contributed by atoms with Crippen LogP contribution in [-0.2, 0) is 0 Å². The molecule has 0 unspecified atom stereocenters. The third-order valence-electron chi connectivity index (χ3n) is 2.17. The molecule has 0 aromatic heterocycles. The van der Waals surface area contributed by atoms with Crippen molar-refractivity contribution in [2.45, 2.75) is 19.4 Å². The number of nitrogens with one attached hydrogen (secondary N) is 1. The lowest BCUT2D eigenvalue weighted by Gasteiger charge is -2.13. The van der Waals surface area contributed by atoms with Crippen molar-refractivity contribution in [3.8, 4) is 0 Å². The van der Waals surface area contributed by atoms with Crippen molar-refractivity contribution in [3.63, 3.8) is 0 Å². The van der Waals surface area contributed by atoms with Crippen LogP contribution in [0.3, 0.4) is 0 Å². The zero-order valence-electron chi connectivity index (χ0n) is 8.63. The molecule has 0 heterocycles. The molecular weight excluding hydrogens is 200 g/mol. The summed E-state index contributed by atoms with van der Waals surface area (Å²) in [5, 5.41) is 11.6. The van der Waals surface area contributed by atoms with Crippen molar-refractivity contribution >= 4 is 0 Å². The van der Waals surface area contributed by atoms with Gasteiger partial charge in [-0.15, -0.1) is 0 Å². The van der Waals surface area contributed by atoms with Gasteiger partial charge in [-0.3, -0.25) is 0 Å². The monoisotopic (exact) mass is 215 g/mol. The second-order valence-electron chi connectivity index (χ2n) is 3.46. The summed E-state index contributed by atoms with van der Waals surface area (Å²) in [4.78, 5) is 0. The first kappa shape index (κ1) is 12.1. The fourth-order valence-corrected chi connectivity index (χ4v) is 1.34. The lowest BCUT2D eigenvalue weighted by molar-refractivity contribution is 0.284. The maximum absolute atomic E-state index is 12.9. The highest BCUT2D eigenvalue weighted by Crippen LogP contribution is 2.15. The van der Waals surface area contributed by atoms with E-state index in [1.54, 1.807) is 0 Å². The molecule has 0 saturated heterocycles. The Bertz CT molecular complexity index is 297. The van der Waals surface area contributed by atoms with E-state index in [9.17, 15) is 8.78 Å². The fraction of sp³-hybridized carbons (Fsp3) is 0.455. The van der Waals surface area contributed by atoms with Gasteiger partial charge in [0.15, 0.2) is 0 Å². The van der Waals surface area contributed by atoms with Crippen LogP contribution in [0, 0.1) is 11.6 Å². The van der Waals surface area contributed by atoms with Gasteiger partial charge in [0.2, 0.25) is 0 Å². The first-order valence-corrected chi connectivity index (χ1v) is 4.93. The van der Waals surface area contributed by atoms with Crippen LogP contribution in [-0.4, -0.2) is 18.3 Å². The first-order chi connectivity index (χ1) is 7.13. The molecule has 0 radical (unpaired) electrons. The highest BCUT2D eigenvalue weighted by atomic mass is 19.1. The average molecular weight is 215 g/mol. The number of hydrogen-bond acceptors (Lipinski definition) is 2. The van der Waals surface area contributed by atoms with Gasteiger partial charge in [0.05, 0.1) is 0 Å². The van der Waals surface area contributed by atoms with Gasteiger partial charge in [-0.1, -0.05) is 0 Å². The second kappa shape index (κ2) is 5.78. The van der Waals surface area contributed by atoms with Gasteiger partial charge in [-0.05, 0) is 37.6 Å². The molecule has 1 aromatic rings. The van der Waals surface area contributed by atoms with Crippen molar-refractivity contribution < 1.29 is 13.9 Å². The predicted molar refractivity (Wildman–Crippen MR) is 54.5 cm³/mol. The highest BCUT2D eigenvalue weighted by molar-refractivity contribution is 5.20. The van der Waals surface area contributed by atoms with Crippen LogP contribution in [0.5, 0.6) is 0 Å². The van der Waals surface area contributed by atoms with E-state index in [2.05, 4.69) is 5.32 Å². The summed E-state index contributed by atoms with van der Waals surface area (Å²) in [6, 6.07) is 3.34. The van der Waals surface area contributed by atoms with Gasteiger partial charge in [-0.25, -0.2) is 8.78 Å². The minimum absolute atomic E-state index is 0.108. The zero-order chi connectivity index (χ0) is 11.3. The number of rotatable bonds is 5. The molecule has 0 aliphatic rings. The Morgan fingerprint density at radius 1 is 1.27 bits per heavy atom. The second-order valence-corrected chi connectivity index (χ2v) is 3.46. The Morgan fingerprint density at radius 3 is 2.40 bits per heavy atom. The molecule has 15 heavy (non-hydrogen) atoms. The Labute approximate surface area is 87.9 Å². The molecule has 1 atom stereocenters. The molecule has 2 nitrogen and oxygen atoms in total. The summed E-state index contributed by atoms with van der Waals surface area (Å²) in [7, 11) is 0. The number of benzene rings is 1. The maximum atomic E-state index is 12.9.